The lowest BCUT2D eigenvalue weighted by Crippen LogP contribution is -2.33. The van der Waals surface area contributed by atoms with Gasteiger partial charge in [0.15, 0.2) is 6.10 Å². The van der Waals surface area contributed by atoms with E-state index in [0.29, 0.717) is 5.75 Å². The second-order valence-electron chi connectivity index (χ2n) is 4.29. The number of ether oxygens (including phenoxy) is 2. The molecule has 1 aromatic rings. The molecule has 0 aliphatic heterocycles. The Morgan fingerprint density at radius 2 is 1.90 bits per heavy atom. The Balaban J connectivity index is 2.38. The number of aliphatic hydroxyl groups is 1. The van der Waals surface area contributed by atoms with Crippen LogP contribution in [0, 0.1) is 0 Å². The van der Waals surface area contributed by atoms with Crippen molar-refractivity contribution in [2.75, 3.05) is 13.2 Å². The van der Waals surface area contributed by atoms with Gasteiger partial charge in [0.25, 0.3) is 0 Å². The SMILES string of the molecule is CC(OCC(O)COc1ccccc1CN)C(F)(F)F. The Bertz CT molecular complexity index is 412. The summed E-state index contributed by atoms with van der Waals surface area (Å²) in [5, 5.41) is 9.54. The van der Waals surface area contributed by atoms with E-state index in [-0.39, 0.29) is 13.2 Å². The first kappa shape index (κ1) is 16.7. The number of aliphatic hydroxyl groups excluding tert-OH is 1. The minimum Gasteiger partial charge on any atom is -0.490 e. The van der Waals surface area contributed by atoms with Gasteiger partial charge in [-0.05, 0) is 13.0 Å². The molecular weight excluding hydrogens is 275 g/mol. The number of benzene rings is 1. The highest BCUT2D eigenvalue weighted by Crippen LogP contribution is 2.22. The molecule has 2 unspecified atom stereocenters. The second-order valence-corrected chi connectivity index (χ2v) is 4.29. The van der Waals surface area contributed by atoms with Crippen LogP contribution in [0.5, 0.6) is 5.75 Å². The number of rotatable bonds is 7. The summed E-state index contributed by atoms with van der Waals surface area (Å²) in [5.74, 6) is 0.498. The van der Waals surface area contributed by atoms with Gasteiger partial charge < -0.3 is 20.3 Å². The van der Waals surface area contributed by atoms with Crippen LogP contribution in [-0.2, 0) is 11.3 Å². The Kier molecular flexibility index (Phi) is 6.25. The van der Waals surface area contributed by atoms with E-state index in [1.807, 2.05) is 0 Å². The fourth-order valence-electron chi connectivity index (χ4n) is 1.40. The normalized spacial score (nSPS) is 14.9. The molecule has 2 atom stereocenters. The lowest BCUT2D eigenvalue weighted by atomic mass is 10.2. The van der Waals surface area contributed by atoms with E-state index in [9.17, 15) is 18.3 Å². The van der Waals surface area contributed by atoms with Crippen molar-refractivity contribution >= 4 is 0 Å². The third kappa shape index (κ3) is 5.36. The molecule has 0 spiro atoms. The molecule has 0 fully saturated rings. The summed E-state index contributed by atoms with van der Waals surface area (Å²) in [5.41, 5.74) is 6.27. The van der Waals surface area contributed by atoms with E-state index in [2.05, 4.69) is 4.74 Å². The third-order valence-electron chi connectivity index (χ3n) is 2.62. The highest BCUT2D eigenvalue weighted by molar-refractivity contribution is 5.32. The van der Waals surface area contributed by atoms with E-state index < -0.39 is 25.0 Å². The molecule has 20 heavy (non-hydrogen) atoms. The Morgan fingerprint density at radius 3 is 2.50 bits per heavy atom. The van der Waals surface area contributed by atoms with Crippen LogP contribution < -0.4 is 10.5 Å². The van der Waals surface area contributed by atoms with Crippen molar-refractivity contribution in [2.45, 2.75) is 31.9 Å². The number of para-hydroxylation sites is 1. The van der Waals surface area contributed by atoms with Gasteiger partial charge >= 0.3 is 6.18 Å². The van der Waals surface area contributed by atoms with Crippen molar-refractivity contribution in [1.29, 1.82) is 0 Å². The minimum atomic E-state index is -4.44. The van der Waals surface area contributed by atoms with Crippen LogP contribution in [0.4, 0.5) is 13.2 Å². The van der Waals surface area contributed by atoms with Crippen LogP contribution in [0.3, 0.4) is 0 Å². The Hall–Kier alpha value is -1.31. The molecule has 0 bridgehead atoms. The van der Waals surface area contributed by atoms with Gasteiger partial charge in [0.1, 0.15) is 18.5 Å². The van der Waals surface area contributed by atoms with E-state index in [1.165, 1.54) is 0 Å². The summed E-state index contributed by atoms with van der Waals surface area (Å²) in [7, 11) is 0. The van der Waals surface area contributed by atoms with Crippen LogP contribution in [0.2, 0.25) is 0 Å². The summed E-state index contributed by atoms with van der Waals surface area (Å²) < 4.78 is 46.4. The molecule has 1 aromatic carbocycles. The first-order valence-corrected chi connectivity index (χ1v) is 6.11. The first-order valence-electron chi connectivity index (χ1n) is 6.11. The van der Waals surface area contributed by atoms with Crippen LogP contribution in [-0.4, -0.2) is 36.7 Å². The van der Waals surface area contributed by atoms with Gasteiger partial charge in [-0.2, -0.15) is 13.2 Å². The molecule has 0 amide bonds. The van der Waals surface area contributed by atoms with Crippen molar-refractivity contribution < 1.29 is 27.8 Å². The Labute approximate surface area is 115 Å². The predicted octanol–water partition coefficient (Wildman–Crippen LogP) is 1.85. The molecule has 114 valence electrons. The summed E-state index contributed by atoms with van der Waals surface area (Å²) in [6.45, 7) is 0.540. The van der Waals surface area contributed by atoms with E-state index >= 15 is 0 Å². The molecule has 0 radical (unpaired) electrons. The highest BCUT2D eigenvalue weighted by Gasteiger charge is 2.37. The fraction of sp³-hybridized carbons (Fsp3) is 0.538. The molecule has 0 saturated heterocycles. The second kappa shape index (κ2) is 7.47. The lowest BCUT2D eigenvalue weighted by Gasteiger charge is -2.19. The summed E-state index contributed by atoms with van der Waals surface area (Å²) >= 11 is 0. The van der Waals surface area contributed by atoms with Crippen molar-refractivity contribution in [1.82, 2.24) is 0 Å². The van der Waals surface area contributed by atoms with Crippen molar-refractivity contribution in [2.24, 2.45) is 5.73 Å². The van der Waals surface area contributed by atoms with Crippen LogP contribution in [0.25, 0.3) is 0 Å². The maximum Gasteiger partial charge on any atom is 0.414 e. The fourth-order valence-corrected chi connectivity index (χ4v) is 1.40. The zero-order chi connectivity index (χ0) is 15.2. The van der Waals surface area contributed by atoms with Gasteiger partial charge in [-0.1, -0.05) is 18.2 Å². The van der Waals surface area contributed by atoms with Crippen molar-refractivity contribution in [3.8, 4) is 5.75 Å². The van der Waals surface area contributed by atoms with Crippen LogP contribution >= 0.6 is 0 Å². The van der Waals surface area contributed by atoms with E-state index in [1.54, 1.807) is 24.3 Å². The number of hydrogen-bond acceptors (Lipinski definition) is 4. The number of nitrogens with two attached hydrogens (primary N) is 1. The molecule has 0 saturated carbocycles. The molecule has 4 nitrogen and oxygen atoms in total. The number of alkyl halides is 3. The molecule has 0 aliphatic carbocycles. The van der Waals surface area contributed by atoms with Crippen LogP contribution in [0.15, 0.2) is 24.3 Å². The van der Waals surface area contributed by atoms with Crippen molar-refractivity contribution in [3.63, 3.8) is 0 Å². The molecule has 0 aliphatic rings. The number of halogens is 3. The minimum absolute atomic E-state index is 0.165. The smallest absolute Gasteiger partial charge is 0.414 e. The van der Waals surface area contributed by atoms with E-state index in [4.69, 9.17) is 10.5 Å². The molecular formula is C13H18F3NO3. The quantitative estimate of drug-likeness (QED) is 0.805. The molecule has 1 rings (SSSR count). The van der Waals surface area contributed by atoms with E-state index in [0.717, 1.165) is 12.5 Å². The van der Waals surface area contributed by atoms with Crippen molar-refractivity contribution in [3.05, 3.63) is 29.8 Å². The molecule has 0 aromatic heterocycles. The summed E-state index contributed by atoms with van der Waals surface area (Å²) in [6, 6.07) is 6.97. The molecule has 7 heteroatoms. The predicted molar refractivity (Wildman–Crippen MR) is 67.3 cm³/mol. The van der Waals surface area contributed by atoms with Gasteiger partial charge in [0.05, 0.1) is 6.61 Å². The van der Waals surface area contributed by atoms with Gasteiger partial charge in [-0.25, -0.2) is 0 Å². The zero-order valence-corrected chi connectivity index (χ0v) is 11.1. The topological polar surface area (TPSA) is 64.7 Å². The van der Waals surface area contributed by atoms with Gasteiger partial charge in [-0.3, -0.25) is 0 Å². The highest BCUT2D eigenvalue weighted by atomic mass is 19.4. The molecule has 3 N–H and O–H groups in total. The first-order chi connectivity index (χ1) is 9.34. The largest absolute Gasteiger partial charge is 0.490 e. The summed E-state index contributed by atoms with van der Waals surface area (Å²) in [4.78, 5) is 0. The van der Waals surface area contributed by atoms with Gasteiger partial charge in [0, 0.05) is 12.1 Å². The third-order valence-corrected chi connectivity index (χ3v) is 2.62. The lowest BCUT2D eigenvalue weighted by molar-refractivity contribution is -0.219. The molecule has 0 heterocycles. The summed E-state index contributed by atoms with van der Waals surface area (Å²) in [6.07, 6.45) is -7.51. The average molecular weight is 293 g/mol. The Morgan fingerprint density at radius 1 is 1.25 bits per heavy atom. The van der Waals surface area contributed by atoms with Crippen LogP contribution in [0.1, 0.15) is 12.5 Å². The van der Waals surface area contributed by atoms with Gasteiger partial charge in [0.2, 0.25) is 0 Å². The number of hydrogen-bond donors (Lipinski definition) is 2. The van der Waals surface area contributed by atoms with Gasteiger partial charge in [-0.15, -0.1) is 0 Å². The zero-order valence-electron chi connectivity index (χ0n) is 11.1. The maximum absolute atomic E-state index is 12.2. The standard InChI is InChI=1S/C13H18F3NO3/c1-9(13(14,15)16)19-7-11(18)8-20-12-5-3-2-4-10(12)6-17/h2-5,9,11,18H,6-8,17H2,1H3. The monoisotopic (exact) mass is 293 g/mol. The average Bonchev–Trinajstić information content (AvgIpc) is 2.41. The maximum atomic E-state index is 12.2.